The van der Waals surface area contributed by atoms with E-state index in [1.807, 2.05) is 13.8 Å². The molecule has 25 heavy (non-hydrogen) atoms. The number of carbonyl (C=O) groups is 1. The summed E-state index contributed by atoms with van der Waals surface area (Å²) in [5.41, 5.74) is 0.551. The molecule has 0 atom stereocenters. The normalized spacial score (nSPS) is 11.7. The number of nitrogens with one attached hydrogen (secondary N) is 1. The molecule has 0 unspecified atom stereocenters. The molecule has 0 saturated carbocycles. The number of sulfonamides is 1. The van der Waals surface area contributed by atoms with Crippen LogP contribution >= 0.6 is 11.6 Å². The standard InChI is InChI=1S/C15H16ClNO3S.C2H6.C2H4/c1-3-8-14(11-12(4-2)15(16)18)21(19,20)17-13-9-6-5-7-10-13;2*1-2/h3-11,17H,1-2H3;1-2H3;1-2H2/b8-3-,12-4+,14-11+;;. The number of hydrogen-bond donors (Lipinski definition) is 1. The molecule has 0 amide bonds. The fourth-order valence-corrected chi connectivity index (χ4v) is 2.83. The Balaban J connectivity index is 0. The lowest BCUT2D eigenvalue weighted by atomic mass is 10.2. The number of carbonyl (C=O) groups excluding carboxylic acids is 1. The average molecular weight is 384 g/mol. The summed E-state index contributed by atoms with van der Waals surface area (Å²) in [4.78, 5) is 11.2. The van der Waals surface area contributed by atoms with Crippen molar-refractivity contribution in [2.45, 2.75) is 27.7 Å². The molecule has 1 N–H and O–H groups in total. The van der Waals surface area contributed by atoms with E-state index < -0.39 is 15.3 Å². The molecule has 0 heterocycles. The third kappa shape index (κ3) is 9.69. The number of rotatable bonds is 6. The van der Waals surface area contributed by atoms with Crippen molar-refractivity contribution in [3.63, 3.8) is 0 Å². The molecule has 0 aromatic heterocycles. The van der Waals surface area contributed by atoms with Gasteiger partial charge in [-0.3, -0.25) is 9.52 Å². The van der Waals surface area contributed by atoms with Crippen LogP contribution in [0.1, 0.15) is 27.7 Å². The maximum Gasteiger partial charge on any atom is 0.261 e. The van der Waals surface area contributed by atoms with Crippen molar-refractivity contribution in [3.8, 4) is 0 Å². The van der Waals surface area contributed by atoms with E-state index in [1.165, 1.54) is 18.2 Å². The summed E-state index contributed by atoms with van der Waals surface area (Å²) in [5, 5.41) is -0.714. The van der Waals surface area contributed by atoms with Gasteiger partial charge >= 0.3 is 0 Å². The van der Waals surface area contributed by atoms with E-state index in [1.54, 1.807) is 50.3 Å². The van der Waals surface area contributed by atoms with Crippen LogP contribution < -0.4 is 4.72 Å². The minimum absolute atomic E-state index is 0.0454. The molecule has 0 radical (unpaired) electrons. The highest BCUT2D eigenvalue weighted by Gasteiger charge is 2.16. The van der Waals surface area contributed by atoms with E-state index in [-0.39, 0.29) is 10.5 Å². The largest absolute Gasteiger partial charge is 0.280 e. The van der Waals surface area contributed by atoms with E-state index >= 15 is 0 Å². The van der Waals surface area contributed by atoms with E-state index in [0.29, 0.717) is 5.69 Å². The van der Waals surface area contributed by atoms with Gasteiger partial charge in [0.25, 0.3) is 15.3 Å². The van der Waals surface area contributed by atoms with Crippen molar-refractivity contribution < 1.29 is 13.2 Å². The fourth-order valence-electron chi connectivity index (χ4n) is 1.51. The molecule has 0 aliphatic carbocycles. The van der Waals surface area contributed by atoms with E-state index in [0.717, 1.165) is 0 Å². The Labute approximate surface area is 156 Å². The highest BCUT2D eigenvalue weighted by atomic mass is 35.5. The Kier molecular flexibility index (Phi) is 14.3. The first-order valence-corrected chi connectivity index (χ1v) is 9.55. The summed E-state index contributed by atoms with van der Waals surface area (Å²) in [7, 11) is -3.80. The quantitative estimate of drug-likeness (QED) is 0.308. The Hall–Kier alpha value is -2.11. The molecule has 0 saturated heterocycles. The van der Waals surface area contributed by atoms with Gasteiger partial charge in [0.05, 0.1) is 4.91 Å². The third-order valence-corrected chi connectivity index (χ3v) is 4.10. The van der Waals surface area contributed by atoms with Gasteiger partial charge in [0.2, 0.25) is 0 Å². The van der Waals surface area contributed by atoms with Gasteiger partial charge in [-0.25, -0.2) is 8.42 Å². The van der Waals surface area contributed by atoms with Crippen LogP contribution in [0.5, 0.6) is 0 Å². The van der Waals surface area contributed by atoms with Crippen molar-refractivity contribution in [1.82, 2.24) is 0 Å². The zero-order valence-electron chi connectivity index (χ0n) is 15.1. The van der Waals surface area contributed by atoms with Gasteiger partial charge in [0.1, 0.15) is 0 Å². The number of allylic oxidation sites excluding steroid dienone is 5. The molecule has 0 aliphatic rings. The molecule has 4 nitrogen and oxygen atoms in total. The molecule has 1 rings (SSSR count). The third-order valence-electron chi connectivity index (χ3n) is 2.50. The lowest BCUT2D eigenvalue weighted by molar-refractivity contribution is -0.108. The second-order valence-corrected chi connectivity index (χ2v) is 6.06. The highest BCUT2D eigenvalue weighted by molar-refractivity contribution is 7.96. The van der Waals surface area contributed by atoms with Crippen LogP contribution in [0.4, 0.5) is 5.69 Å². The number of benzene rings is 1. The highest BCUT2D eigenvalue weighted by Crippen LogP contribution is 2.17. The Morgan fingerprint density at radius 3 is 2.04 bits per heavy atom. The van der Waals surface area contributed by atoms with Crippen LogP contribution in [0.3, 0.4) is 0 Å². The smallest absolute Gasteiger partial charge is 0.261 e. The Morgan fingerprint density at radius 2 is 1.64 bits per heavy atom. The topological polar surface area (TPSA) is 63.2 Å². The van der Waals surface area contributed by atoms with Gasteiger partial charge in [-0.15, -0.1) is 13.2 Å². The van der Waals surface area contributed by atoms with Crippen LogP contribution in [0.15, 0.2) is 78.3 Å². The van der Waals surface area contributed by atoms with E-state index in [2.05, 4.69) is 17.9 Å². The molecule has 0 bridgehead atoms. The minimum Gasteiger partial charge on any atom is -0.280 e. The first-order valence-electron chi connectivity index (χ1n) is 7.69. The zero-order valence-corrected chi connectivity index (χ0v) is 16.7. The summed E-state index contributed by atoms with van der Waals surface area (Å²) in [5.74, 6) is 0. The molecule has 1 aromatic rings. The summed E-state index contributed by atoms with van der Waals surface area (Å²) in [6, 6.07) is 8.49. The Morgan fingerprint density at radius 1 is 1.12 bits per heavy atom. The molecular formula is C19H26ClNO3S. The van der Waals surface area contributed by atoms with Gasteiger partial charge in [-0.2, -0.15) is 0 Å². The van der Waals surface area contributed by atoms with Crippen LogP contribution in [0, 0.1) is 0 Å². The van der Waals surface area contributed by atoms with E-state index in [9.17, 15) is 13.2 Å². The predicted octanol–water partition coefficient (Wildman–Crippen LogP) is 5.43. The second kappa shape index (κ2) is 14.3. The first-order chi connectivity index (χ1) is 11.9. The number of para-hydroxylation sites is 1. The average Bonchev–Trinajstić information content (AvgIpc) is 2.62. The molecule has 0 aliphatic heterocycles. The summed E-state index contributed by atoms with van der Waals surface area (Å²) in [6.07, 6.45) is 5.66. The molecule has 138 valence electrons. The predicted molar refractivity (Wildman–Crippen MR) is 109 cm³/mol. The number of anilines is 1. The SMILES string of the molecule is C=C.CC.C\C=C/C(=C\C(=C/C)C(=O)Cl)S(=O)(=O)Nc1ccccc1. The molecular weight excluding hydrogens is 358 g/mol. The summed E-state index contributed by atoms with van der Waals surface area (Å²) < 4.78 is 27.1. The maximum atomic E-state index is 12.4. The van der Waals surface area contributed by atoms with Crippen molar-refractivity contribution in [2.75, 3.05) is 4.72 Å². The minimum atomic E-state index is -3.80. The van der Waals surface area contributed by atoms with Crippen LogP contribution in [0.2, 0.25) is 0 Å². The summed E-state index contributed by atoms with van der Waals surface area (Å²) >= 11 is 5.41. The Bertz CT molecular complexity index is 705. The van der Waals surface area contributed by atoms with Crippen molar-refractivity contribution in [3.05, 3.63) is 78.3 Å². The van der Waals surface area contributed by atoms with E-state index in [4.69, 9.17) is 11.6 Å². The van der Waals surface area contributed by atoms with Crippen LogP contribution in [-0.4, -0.2) is 13.7 Å². The fraction of sp³-hybridized carbons (Fsp3) is 0.211. The van der Waals surface area contributed by atoms with Crippen molar-refractivity contribution >= 4 is 32.6 Å². The monoisotopic (exact) mass is 383 g/mol. The zero-order chi connectivity index (χ0) is 19.9. The second-order valence-electron chi connectivity index (χ2n) is 4.04. The van der Waals surface area contributed by atoms with Crippen LogP contribution in [-0.2, 0) is 14.8 Å². The van der Waals surface area contributed by atoms with Crippen molar-refractivity contribution in [2.24, 2.45) is 0 Å². The van der Waals surface area contributed by atoms with Gasteiger partial charge in [-0.05, 0) is 49.7 Å². The number of halogens is 1. The van der Waals surface area contributed by atoms with Crippen LogP contribution in [0.25, 0.3) is 0 Å². The van der Waals surface area contributed by atoms with Crippen molar-refractivity contribution in [1.29, 1.82) is 0 Å². The van der Waals surface area contributed by atoms with Gasteiger partial charge in [0, 0.05) is 11.3 Å². The summed E-state index contributed by atoms with van der Waals surface area (Å²) in [6.45, 7) is 13.3. The molecule has 1 aromatic carbocycles. The first kappa shape index (κ1) is 25.1. The van der Waals surface area contributed by atoms with Gasteiger partial charge in [-0.1, -0.05) is 44.2 Å². The molecule has 6 heteroatoms. The molecule has 0 fully saturated rings. The lowest BCUT2D eigenvalue weighted by Gasteiger charge is -2.09. The van der Waals surface area contributed by atoms with Gasteiger partial charge in [0.15, 0.2) is 0 Å². The number of hydrogen-bond acceptors (Lipinski definition) is 3. The lowest BCUT2D eigenvalue weighted by Crippen LogP contribution is -2.14. The van der Waals surface area contributed by atoms with Gasteiger partial charge < -0.3 is 0 Å². The maximum absolute atomic E-state index is 12.4. The molecule has 0 spiro atoms.